The number of hydrogen-bond acceptors (Lipinski definition) is 7. The monoisotopic (exact) mass is 464 g/mol. The van der Waals surface area contributed by atoms with Crippen LogP contribution in [0.1, 0.15) is 31.4 Å². The average molecular weight is 465 g/mol. The van der Waals surface area contributed by atoms with Crippen molar-refractivity contribution in [2.75, 3.05) is 5.75 Å². The lowest BCUT2D eigenvalue weighted by atomic mass is 10.0. The summed E-state index contributed by atoms with van der Waals surface area (Å²) in [6.45, 7) is 5.28. The number of nitrogens with one attached hydrogen (secondary N) is 1. The van der Waals surface area contributed by atoms with Gasteiger partial charge in [0, 0.05) is 17.8 Å². The van der Waals surface area contributed by atoms with Gasteiger partial charge in [-0.25, -0.2) is 18.4 Å². The van der Waals surface area contributed by atoms with E-state index in [1.807, 2.05) is 18.2 Å². The topological polar surface area (TPSA) is 118 Å². The molecule has 0 bridgehead atoms. The van der Waals surface area contributed by atoms with Gasteiger partial charge >= 0.3 is 0 Å². The van der Waals surface area contributed by atoms with Crippen LogP contribution < -0.4 is 4.74 Å². The van der Waals surface area contributed by atoms with Crippen molar-refractivity contribution >= 4 is 20.9 Å². The molecular formula is C24H24N4O4S. The van der Waals surface area contributed by atoms with Crippen LogP contribution in [0.2, 0.25) is 0 Å². The normalized spacial score (nSPS) is 12.5. The molecule has 33 heavy (non-hydrogen) atoms. The average Bonchev–Trinajstić information content (AvgIpc) is 3.26. The van der Waals surface area contributed by atoms with Gasteiger partial charge in [0.15, 0.2) is 20.7 Å². The molecule has 4 rings (SSSR count). The first kappa shape index (κ1) is 22.6. The predicted molar refractivity (Wildman–Crippen MR) is 126 cm³/mol. The van der Waals surface area contributed by atoms with Crippen molar-refractivity contribution in [1.29, 1.82) is 0 Å². The summed E-state index contributed by atoms with van der Waals surface area (Å²) in [5.41, 5.74) is 2.65. The van der Waals surface area contributed by atoms with Gasteiger partial charge in [0.25, 0.3) is 0 Å². The van der Waals surface area contributed by atoms with E-state index in [4.69, 9.17) is 4.74 Å². The van der Waals surface area contributed by atoms with E-state index in [0.29, 0.717) is 46.9 Å². The molecule has 8 nitrogen and oxygen atoms in total. The van der Waals surface area contributed by atoms with Crippen LogP contribution >= 0.6 is 0 Å². The molecule has 3 aromatic heterocycles. The summed E-state index contributed by atoms with van der Waals surface area (Å²) in [6, 6.07) is 12.1. The summed E-state index contributed by atoms with van der Waals surface area (Å²) in [7, 11) is -3.41. The maximum Gasteiger partial charge on any atom is 0.195 e. The molecule has 170 valence electrons. The number of hydrogen-bond donors (Lipinski definition) is 2. The molecule has 0 aliphatic heterocycles. The van der Waals surface area contributed by atoms with E-state index >= 15 is 0 Å². The van der Waals surface area contributed by atoms with Crippen LogP contribution in [0.25, 0.3) is 22.6 Å². The van der Waals surface area contributed by atoms with Gasteiger partial charge in [-0.1, -0.05) is 19.1 Å². The summed E-state index contributed by atoms with van der Waals surface area (Å²) < 4.78 is 30.1. The minimum absolute atomic E-state index is 0.00801. The number of H-pyrrole nitrogens is 1. The Hall–Kier alpha value is -3.56. The maximum atomic E-state index is 12.0. The third-order valence-corrected chi connectivity index (χ3v) is 6.80. The van der Waals surface area contributed by atoms with Gasteiger partial charge < -0.3 is 14.8 Å². The SMILES string of the molecule is C=CCCC(O)c1cc2[nH]c(-c3ccccn3)nc2cc1Oc1ccc(S(=O)(=O)CC)nc1. The second-order valence-electron chi connectivity index (χ2n) is 7.43. The van der Waals surface area contributed by atoms with Crippen molar-refractivity contribution in [3.05, 3.63) is 73.1 Å². The number of nitrogens with zero attached hydrogens (tertiary/aromatic N) is 3. The van der Waals surface area contributed by atoms with Crippen LogP contribution in [0.3, 0.4) is 0 Å². The third-order valence-electron chi connectivity index (χ3n) is 5.16. The number of ether oxygens (including phenoxy) is 1. The molecule has 4 aromatic rings. The highest BCUT2D eigenvalue weighted by Crippen LogP contribution is 2.35. The molecule has 0 spiro atoms. The van der Waals surface area contributed by atoms with E-state index in [1.54, 1.807) is 37.4 Å². The Balaban J connectivity index is 1.73. The number of aromatic amines is 1. The van der Waals surface area contributed by atoms with Crippen LogP contribution in [0.5, 0.6) is 11.5 Å². The molecule has 0 aliphatic rings. The molecule has 1 unspecified atom stereocenters. The van der Waals surface area contributed by atoms with Gasteiger partial charge in [-0.15, -0.1) is 6.58 Å². The highest BCUT2D eigenvalue weighted by molar-refractivity contribution is 7.91. The largest absolute Gasteiger partial charge is 0.455 e. The van der Waals surface area contributed by atoms with Crippen molar-refractivity contribution in [2.45, 2.75) is 30.9 Å². The standard InChI is InChI=1S/C24H24N4O4S/c1-3-5-9-21(29)17-13-19-20(28-24(27-19)18-8-6-7-12-25-18)14-22(17)32-16-10-11-23(26-15-16)33(30,31)4-2/h3,6-8,10-15,21,29H,1,4-5,9H2,2H3,(H,27,28). The van der Waals surface area contributed by atoms with Crippen LogP contribution in [0.15, 0.2) is 72.5 Å². The van der Waals surface area contributed by atoms with Crippen molar-refractivity contribution in [2.24, 2.45) is 0 Å². The zero-order valence-electron chi connectivity index (χ0n) is 18.1. The Labute approximate surface area is 191 Å². The second-order valence-corrected chi connectivity index (χ2v) is 9.65. The number of fused-ring (bicyclic) bond motifs is 1. The quantitative estimate of drug-likeness (QED) is 0.347. The molecule has 2 N–H and O–H groups in total. The fourth-order valence-corrected chi connectivity index (χ4v) is 4.13. The van der Waals surface area contributed by atoms with E-state index in [-0.39, 0.29) is 10.8 Å². The van der Waals surface area contributed by atoms with Crippen molar-refractivity contribution in [3.63, 3.8) is 0 Å². The fraction of sp³-hybridized carbons (Fsp3) is 0.208. The van der Waals surface area contributed by atoms with Gasteiger partial charge in [-0.2, -0.15) is 0 Å². The van der Waals surface area contributed by atoms with Crippen LogP contribution in [-0.2, 0) is 9.84 Å². The number of allylic oxidation sites excluding steroid dienone is 1. The number of pyridine rings is 2. The first-order valence-corrected chi connectivity index (χ1v) is 12.2. The van der Waals surface area contributed by atoms with Crippen LogP contribution in [0.4, 0.5) is 0 Å². The number of rotatable bonds is 9. The number of aliphatic hydroxyl groups is 1. The number of benzene rings is 1. The van der Waals surface area contributed by atoms with Gasteiger partial charge in [-0.3, -0.25) is 4.98 Å². The van der Waals surface area contributed by atoms with Crippen molar-refractivity contribution in [3.8, 4) is 23.0 Å². The molecule has 0 aliphatic carbocycles. The molecular weight excluding hydrogens is 440 g/mol. The lowest BCUT2D eigenvalue weighted by molar-refractivity contribution is 0.166. The first-order chi connectivity index (χ1) is 15.9. The summed E-state index contributed by atoms with van der Waals surface area (Å²) >= 11 is 0. The molecule has 0 radical (unpaired) electrons. The lowest BCUT2D eigenvalue weighted by Gasteiger charge is -2.16. The number of sulfone groups is 1. The highest BCUT2D eigenvalue weighted by Gasteiger charge is 2.19. The first-order valence-electron chi connectivity index (χ1n) is 10.5. The lowest BCUT2D eigenvalue weighted by Crippen LogP contribution is -2.06. The van der Waals surface area contributed by atoms with Crippen molar-refractivity contribution < 1.29 is 18.3 Å². The zero-order valence-corrected chi connectivity index (χ0v) is 18.9. The number of imidazole rings is 1. The summed E-state index contributed by atoms with van der Waals surface area (Å²) in [4.78, 5) is 16.2. The molecule has 0 fully saturated rings. The van der Waals surface area contributed by atoms with E-state index in [0.717, 1.165) is 5.52 Å². The summed E-state index contributed by atoms with van der Waals surface area (Å²) in [6.07, 6.45) is 5.10. The fourth-order valence-electron chi connectivity index (χ4n) is 3.34. The number of aromatic nitrogens is 4. The maximum absolute atomic E-state index is 12.0. The molecule has 1 atom stereocenters. The Bertz CT molecular complexity index is 1370. The Morgan fingerprint density at radius 2 is 2.06 bits per heavy atom. The minimum atomic E-state index is -3.41. The molecule has 9 heteroatoms. The zero-order chi connectivity index (χ0) is 23.4. The number of aliphatic hydroxyl groups excluding tert-OH is 1. The molecule has 0 amide bonds. The van der Waals surface area contributed by atoms with Crippen LogP contribution in [-0.4, -0.2) is 39.2 Å². The smallest absolute Gasteiger partial charge is 0.195 e. The summed E-state index contributed by atoms with van der Waals surface area (Å²) in [5.74, 6) is 1.33. The Morgan fingerprint density at radius 1 is 1.21 bits per heavy atom. The minimum Gasteiger partial charge on any atom is -0.455 e. The molecule has 1 aromatic carbocycles. The van der Waals surface area contributed by atoms with Crippen LogP contribution in [0, 0.1) is 0 Å². The van der Waals surface area contributed by atoms with E-state index in [2.05, 4.69) is 26.5 Å². The molecule has 0 saturated carbocycles. The predicted octanol–water partition coefficient (Wildman–Crippen LogP) is 4.61. The van der Waals surface area contributed by atoms with Gasteiger partial charge in [-0.05, 0) is 43.2 Å². The third kappa shape index (κ3) is 4.94. The molecule has 0 saturated heterocycles. The van der Waals surface area contributed by atoms with Gasteiger partial charge in [0.05, 0.1) is 29.1 Å². The van der Waals surface area contributed by atoms with Gasteiger partial charge in [0.2, 0.25) is 0 Å². The van der Waals surface area contributed by atoms with E-state index in [9.17, 15) is 13.5 Å². The highest BCUT2D eigenvalue weighted by atomic mass is 32.2. The summed E-state index contributed by atoms with van der Waals surface area (Å²) in [5, 5.41) is 10.8. The van der Waals surface area contributed by atoms with Crippen molar-refractivity contribution in [1.82, 2.24) is 19.9 Å². The van der Waals surface area contributed by atoms with E-state index in [1.165, 1.54) is 12.3 Å². The van der Waals surface area contributed by atoms with Gasteiger partial charge in [0.1, 0.15) is 17.2 Å². The Morgan fingerprint density at radius 3 is 2.73 bits per heavy atom. The second kappa shape index (κ2) is 9.51. The Kier molecular flexibility index (Phi) is 6.52. The molecule has 3 heterocycles. The van der Waals surface area contributed by atoms with E-state index < -0.39 is 15.9 Å².